The Balaban J connectivity index is 2.07. The number of benzene rings is 1. The van der Waals surface area contributed by atoms with Crippen molar-refractivity contribution in [3.05, 3.63) is 34.9 Å². The minimum Gasteiger partial charge on any atom is -0.366 e. The highest BCUT2D eigenvalue weighted by Crippen LogP contribution is 2.45. The van der Waals surface area contributed by atoms with Gasteiger partial charge in [0.1, 0.15) is 0 Å². The lowest BCUT2D eigenvalue weighted by atomic mass is 9.85. The minimum absolute atomic E-state index is 0.0240. The Morgan fingerprint density at radius 1 is 1.13 bits per heavy atom. The third-order valence-corrected chi connectivity index (χ3v) is 5.14. The summed E-state index contributed by atoms with van der Waals surface area (Å²) in [5.74, 6) is -1.05. The molecule has 0 aromatic heterocycles. The van der Waals surface area contributed by atoms with E-state index in [2.05, 4.69) is 4.90 Å². The molecule has 1 amide bonds. The van der Waals surface area contributed by atoms with Crippen molar-refractivity contribution in [1.29, 1.82) is 0 Å². The first-order valence-electron chi connectivity index (χ1n) is 8.13. The lowest BCUT2D eigenvalue weighted by Gasteiger charge is -2.31. The second-order valence-corrected chi connectivity index (χ2v) is 6.48. The summed E-state index contributed by atoms with van der Waals surface area (Å²) in [6.45, 7) is 1.86. The lowest BCUT2D eigenvalue weighted by molar-refractivity contribution is -0.138. The van der Waals surface area contributed by atoms with Crippen LogP contribution >= 0.6 is 0 Å². The molecule has 126 valence electrons. The summed E-state index contributed by atoms with van der Waals surface area (Å²) in [6.07, 6.45) is 0.151. The van der Waals surface area contributed by atoms with Crippen molar-refractivity contribution in [2.24, 2.45) is 5.73 Å². The number of alkyl halides is 3. The summed E-state index contributed by atoms with van der Waals surface area (Å²) in [5.41, 5.74) is 4.81. The Hall–Kier alpha value is -1.56. The molecule has 0 radical (unpaired) electrons. The second kappa shape index (κ2) is 6.15. The monoisotopic (exact) mass is 326 g/mol. The molecule has 1 saturated heterocycles. The maximum atomic E-state index is 13.5. The molecule has 1 aromatic carbocycles. The molecule has 23 heavy (non-hydrogen) atoms. The zero-order valence-electron chi connectivity index (χ0n) is 12.9. The van der Waals surface area contributed by atoms with Gasteiger partial charge in [0.25, 0.3) is 0 Å². The van der Waals surface area contributed by atoms with E-state index >= 15 is 0 Å². The van der Waals surface area contributed by atoms with E-state index in [0.717, 1.165) is 44.8 Å². The Bertz CT molecular complexity index is 594. The molecule has 1 aromatic rings. The average Bonchev–Trinajstić information content (AvgIpc) is 3.16. The third-order valence-electron chi connectivity index (χ3n) is 5.14. The normalized spacial score (nSPS) is 25.9. The number of nitrogens with two attached hydrogens (primary N) is 1. The Morgan fingerprint density at radius 3 is 2.43 bits per heavy atom. The van der Waals surface area contributed by atoms with Crippen molar-refractivity contribution in [2.45, 2.75) is 50.2 Å². The van der Waals surface area contributed by atoms with Gasteiger partial charge in [0.15, 0.2) is 0 Å². The topological polar surface area (TPSA) is 46.3 Å². The number of rotatable bonds is 3. The summed E-state index contributed by atoms with van der Waals surface area (Å²) in [4.78, 5) is 14.0. The first-order valence-corrected chi connectivity index (χ1v) is 8.13. The predicted octanol–water partition coefficient (Wildman–Crippen LogP) is 3.54. The van der Waals surface area contributed by atoms with Crippen LogP contribution in [0.5, 0.6) is 0 Å². The maximum Gasteiger partial charge on any atom is 0.416 e. The number of hydrogen-bond acceptors (Lipinski definition) is 2. The van der Waals surface area contributed by atoms with Crippen LogP contribution in [0.4, 0.5) is 13.2 Å². The number of hydrogen-bond donors (Lipinski definition) is 1. The molecule has 1 heterocycles. The fourth-order valence-electron chi connectivity index (χ4n) is 4.21. The van der Waals surface area contributed by atoms with Crippen molar-refractivity contribution in [2.75, 3.05) is 13.1 Å². The third kappa shape index (κ3) is 3.09. The molecule has 2 fully saturated rings. The molecular weight excluding hydrogens is 305 g/mol. The van der Waals surface area contributed by atoms with Gasteiger partial charge in [-0.15, -0.1) is 0 Å². The van der Waals surface area contributed by atoms with E-state index in [1.165, 1.54) is 12.1 Å². The van der Waals surface area contributed by atoms with Crippen LogP contribution in [0.1, 0.15) is 59.5 Å². The molecule has 1 saturated carbocycles. The zero-order valence-corrected chi connectivity index (χ0v) is 12.9. The van der Waals surface area contributed by atoms with E-state index in [-0.39, 0.29) is 23.1 Å². The summed E-state index contributed by atoms with van der Waals surface area (Å²) in [5, 5.41) is 0. The molecule has 6 heteroatoms. The van der Waals surface area contributed by atoms with E-state index in [1.807, 2.05) is 0 Å². The van der Waals surface area contributed by atoms with Gasteiger partial charge in [0, 0.05) is 17.5 Å². The number of nitrogens with zero attached hydrogens (tertiary/aromatic N) is 1. The molecule has 0 spiro atoms. The van der Waals surface area contributed by atoms with Crippen molar-refractivity contribution in [3.63, 3.8) is 0 Å². The molecule has 0 bridgehead atoms. The van der Waals surface area contributed by atoms with Crippen LogP contribution in [0.15, 0.2) is 18.2 Å². The van der Waals surface area contributed by atoms with Gasteiger partial charge in [-0.3, -0.25) is 9.69 Å². The SMILES string of the molecule is NC(=O)c1cccc(C(F)(F)F)c1[C@@H]1CCC[C@@H]1N1CCCC1. The van der Waals surface area contributed by atoms with E-state index in [4.69, 9.17) is 5.73 Å². The molecule has 3 nitrogen and oxygen atoms in total. The summed E-state index contributed by atoms with van der Waals surface area (Å²) < 4.78 is 40.5. The van der Waals surface area contributed by atoms with E-state index in [9.17, 15) is 18.0 Å². The first kappa shape index (κ1) is 16.3. The molecule has 2 aliphatic rings. The molecule has 2 atom stereocenters. The fraction of sp³-hybridized carbons (Fsp3) is 0.588. The van der Waals surface area contributed by atoms with Crippen LogP contribution in [0.25, 0.3) is 0 Å². The van der Waals surface area contributed by atoms with Crippen LogP contribution in [-0.4, -0.2) is 29.9 Å². The van der Waals surface area contributed by atoms with Gasteiger partial charge in [-0.2, -0.15) is 13.2 Å². The Labute approximate surface area is 133 Å². The standard InChI is InChI=1S/C17H21F3N2O/c18-17(19,20)13-7-3-6-12(16(21)23)15(13)11-5-4-8-14(11)22-9-1-2-10-22/h3,6-7,11,14H,1-2,4-5,8-10H2,(H2,21,23)/t11-,14+/m1/s1. The van der Waals surface area contributed by atoms with E-state index in [0.29, 0.717) is 6.42 Å². The summed E-state index contributed by atoms with van der Waals surface area (Å²) in [7, 11) is 0. The molecular formula is C17H21F3N2O. The van der Waals surface area contributed by atoms with Gasteiger partial charge >= 0.3 is 6.18 Å². The number of halogens is 3. The smallest absolute Gasteiger partial charge is 0.366 e. The first-order chi connectivity index (χ1) is 10.9. The molecule has 3 rings (SSSR count). The van der Waals surface area contributed by atoms with Gasteiger partial charge in [0.2, 0.25) is 5.91 Å². The fourth-order valence-corrected chi connectivity index (χ4v) is 4.21. The van der Waals surface area contributed by atoms with Crippen LogP contribution in [0.3, 0.4) is 0 Å². The quantitative estimate of drug-likeness (QED) is 0.923. The van der Waals surface area contributed by atoms with Gasteiger partial charge in [0.05, 0.1) is 5.56 Å². The van der Waals surface area contributed by atoms with Crippen molar-refractivity contribution in [3.8, 4) is 0 Å². The van der Waals surface area contributed by atoms with Crippen LogP contribution in [-0.2, 0) is 6.18 Å². The molecule has 1 aliphatic heterocycles. The van der Waals surface area contributed by atoms with Crippen LogP contribution < -0.4 is 5.73 Å². The van der Waals surface area contributed by atoms with Crippen LogP contribution in [0, 0.1) is 0 Å². The van der Waals surface area contributed by atoms with E-state index < -0.39 is 17.6 Å². The number of carbonyl (C=O) groups excluding carboxylic acids is 1. The second-order valence-electron chi connectivity index (χ2n) is 6.48. The molecule has 0 unspecified atom stereocenters. The van der Waals surface area contributed by atoms with Crippen molar-refractivity contribution in [1.82, 2.24) is 4.90 Å². The number of carbonyl (C=O) groups is 1. The summed E-state index contributed by atoms with van der Waals surface area (Å²) in [6, 6.07) is 3.85. The van der Waals surface area contributed by atoms with Gasteiger partial charge < -0.3 is 5.73 Å². The van der Waals surface area contributed by atoms with E-state index in [1.54, 1.807) is 0 Å². The largest absolute Gasteiger partial charge is 0.416 e. The highest BCUT2D eigenvalue weighted by Gasteiger charge is 2.42. The Morgan fingerprint density at radius 2 is 1.83 bits per heavy atom. The van der Waals surface area contributed by atoms with Gasteiger partial charge in [-0.25, -0.2) is 0 Å². The molecule has 2 N–H and O–H groups in total. The maximum absolute atomic E-state index is 13.5. The predicted molar refractivity (Wildman–Crippen MR) is 81.1 cm³/mol. The Kier molecular flexibility index (Phi) is 4.36. The van der Waals surface area contributed by atoms with Gasteiger partial charge in [-0.1, -0.05) is 12.5 Å². The van der Waals surface area contributed by atoms with Crippen molar-refractivity contribution >= 4 is 5.91 Å². The number of primary amides is 1. The number of amides is 1. The highest BCUT2D eigenvalue weighted by atomic mass is 19.4. The highest BCUT2D eigenvalue weighted by molar-refractivity contribution is 5.95. The van der Waals surface area contributed by atoms with Gasteiger partial charge in [-0.05, 0) is 56.5 Å². The molecule has 1 aliphatic carbocycles. The van der Waals surface area contributed by atoms with Crippen LogP contribution in [0.2, 0.25) is 0 Å². The van der Waals surface area contributed by atoms with Crippen molar-refractivity contribution < 1.29 is 18.0 Å². The summed E-state index contributed by atoms with van der Waals surface area (Å²) >= 11 is 0. The number of likely N-dealkylation sites (tertiary alicyclic amines) is 1. The minimum atomic E-state index is -4.47. The zero-order chi connectivity index (χ0) is 16.6. The lowest BCUT2D eigenvalue weighted by Crippen LogP contribution is -2.36. The average molecular weight is 326 g/mol.